The minimum atomic E-state index is -0.753. The molecule has 4 nitrogen and oxygen atoms in total. The zero-order valence-electron chi connectivity index (χ0n) is 9.77. The molecule has 0 aliphatic carbocycles. The van der Waals surface area contributed by atoms with Crippen LogP contribution in [-0.2, 0) is 23.1 Å². The van der Waals surface area contributed by atoms with E-state index in [4.69, 9.17) is 4.74 Å². The molecule has 0 aromatic carbocycles. The quantitative estimate of drug-likeness (QED) is 0.867. The van der Waals surface area contributed by atoms with Gasteiger partial charge < -0.3 is 9.84 Å². The van der Waals surface area contributed by atoms with Gasteiger partial charge in [-0.05, 0) is 12.3 Å². The third-order valence-electron chi connectivity index (χ3n) is 3.02. The van der Waals surface area contributed by atoms with E-state index >= 15 is 0 Å². The highest BCUT2D eigenvalue weighted by molar-refractivity contribution is 7.97. The Balaban J connectivity index is 2.24. The van der Waals surface area contributed by atoms with Gasteiger partial charge in [0.2, 0.25) is 0 Å². The van der Waals surface area contributed by atoms with Gasteiger partial charge >= 0.3 is 0 Å². The summed E-state index contributed by atoms with van der Waals surface area (Å²) in [5.74, 6) is 0.889. The van der Waals surface area contributed by atoms with Gasteiger partial charge in [0, 0.05) is 38.9 Å². The maximum atomic E-state index is 10.6. The number of hydrogen-bond acceptors (Lipinski definition) is 4. The maximum absolute atomic E-state index is 10.6. The summed E-state index contributed by atoms with van der Waals surface area (Å²) in [7, 11) is 1.90. The first kappa shape index (κ1) is 12.0. The topological polar surface area (TPSA) is 47.3 Å². The van der Waals surface area contributed by atoms with Crippen molar-refractivity contribution in [3.63, 3.8) is 0 Å². The second kappa shape index (κ2) is 4.77. The Kier molecular flexibility index (Phi) is 3.56. The van der Waals surface area contributed by atoms with Crippen LogP contribution in [-0.4, -0.2) is 34.4 Å². The van der Waals surface area contributed by atoms with E-state index in [-0.39, 0.29) is 0 Å². The predicted molar refractivity (Wildman–Crippen MR) is 64.4 cm³/mol. The van der Waals surface area contributed by atoms with E-state index in [0.717, 1.165) is 17.1 Å². The van der Waals surface area contributed by atoms with Gasteiger partial charge in [-0.2, -0.15) is 16.9 Å². The summed E-state index contributed by atoms with van der Waals surface area (Å²) in [6.45, 7) is 1.25. The third kappa shape index (κ3) is 2.26. The molecule has 2 rings (SSSR count). The number of aliphatic hydroxyl groups is 1. The Morgan fingerprint density at radius 3 is 2.88 bits per heavy atom. The first-order valence-electron chi connectivity index (χ1n) is 5.48. The molecule has 1 fully saturated rings. The van der Waals surface area contributed by atoms with Crippen LogP contribution in [0.2, 0.25) is 0 Å². The monoisotopic (exact) mass is 242 g/mol. The second-order valence-corrected chi connectivity index (χ2v) is 5.09. The zero-order chi connectivity index (χ0) is 11.6. The lowest BCUT2D eigenvalue weighted by Gasteiger charge is -2.31. The summed E-state index contributed by atoms with van der Waals surface area (Å²) in [5, 5.41) is 15.0. The molecule has 2 heterocycles. The Hall–Kier alpha value is -0.520. The van der Waals surface area contributed by atoms with Crippen LogP contribution in [0.4, 0.5) is 0 Å². The summed E-state index contributed by atoms with van der Waals surface area (Å²) in [6, 6.07) is 2.02. The van der Waals surface area contributed by atoms with Gasteiger partial charge in [0.25, 0.3) is 0 Å². The first-order chi connectivity index (χ1) is 7.65. The molecule has 0 atom stereocenters. The van der Waals surface area contributed by atoms with Crippen LogP contribution in [0.15, 0.2) is 6.07 Å². The number of ether oxygens (including phenoxy) is 1. The van der Waals surface area contributed by atoms with Gasteiger partial charge in [0.05, 0.1) is 11.4 Å². The smallest absolute Gasteiger partial charge is 0.111 e. The SMILES string of the molecule is CSCc1cc(C2(O)CCOCC2)n(C)n1. The average Bonchev–Trinajstić information content (AvgIpc) is 2.62. The number of nitrogens with zero attached hydrogens (tertiary/aromatic N) is 2. The molecule has 1 aromatic heterocycles. The van der Waals surface area contributed by atoms with E-state index in [1.54, 1.807) is 16.4 Å². The normalized spacial score (nSPS) is 19.9. The molecular weight excluding hydrogens is 224 g/mol. The van der Waals surface area contributed by atoms with Crippen LogP contribution in [0.5, 0.6) is 0 Å². The number of hydrogen-bond donors (Lipinski definition) is 1. The van der Waals surface area contributed by atoms with Crippen LogP contribution in [0.3, 0.4) is 0 Å². The van der Waals surface area contributed by atoms with E-state index in [2.05, 4.69) is 11.4 Å². The highest BCUT2D eigenvalue weighted by Gasteiger charge is 2.34. The molecule has 0 amide bonds. The van der Waals surface area contributed by atoms with Crippen molar-refractivity contribution in [2.24, 2.45) is 7.05 Å². The minimum absolute atomic E-state index is 0.625. The van der Waals surface area contributed by atoms with Crippen LogP contribution in [0.1, 0.15) is 24.2 Å². The van der Waals surface area contributed by atoms with Crippen LogP contribution >= 0.6 is 11.8 Å². The number of rotatable bonds is 3. The minimum Gasteiger partial charge on any atom is -0.383 e. The fourth-order valence-electron chi connectivity index (χ4n) is 2.15. The molecule has 0 bridgehead atoms. The lowest BCUT2D eigenvalue weighted by atomic mass is 9.90. The molecule has 1 aromatic rings. The lowest BCUT2D eigenvalue weighted by Crippen LogP contribution is -2.35. The Labute approximate surface area is 100.0 Å². The van der Waals surface area contributed by atoms with E-state index in [1.807, 2.05) is 13.1 Å². The molecule has 1 aliphatic rings. The molecule has 1 aliphatic heterocycles. The summed E-state index contributed by atoms with van der Waals surface area (Å²) >= 11 is 1.74. The third-order valence-corrected chi connectivity index (χ3v) is 3.60. The van der Waals surface area contributed by atoms with Crippen molar-refractivity contribution in [3.05, 3.63) is 17.5 Å². The molecule has 90 valence electrons. The van der Waals surface area contributed by atoms with Crippen molar-refractivity contribution >= 4 is 11.8 Å². The zero-order valence-corrected chi connectivity index (χ0v) is 10.6. The number of aromatic nitrogens is 2. The van der Waals surface area contributed by atoms with Crippen LogP contribution in [0.25, 0.3) is 0 Å². The predicted octanol–water partition coefficient (Wildman–Crippen LogP) is 1.28. The molecule has 1 N–H and O–H groups in total. The standard InChI is InChI=1S/C11H18N2O2S/c1-13-10(7-9(12-13)8-16-2)11(14)3-5-15-6-4-11/h7,14H,3-6,8H2,1-2H3. The van der Waals surface area contributed by atoms with E-state index in [1.165, 1.54) is 0 Å². The number of aryl methyl sites for hydroxylation is 1. The van der Waals surface area contributed by atoms with Crippen molar-refractivity contribution in [3.8, 4) is 0 Å². The first-order valence-corrected chi connectivity index (χ1v) is 6.87. The molecule has 1 saturated heterocycles. The van der Waals surface area contributed by atoms with Gasteiger partial charge in [-0.1, -0.05) is 0 Å². The van der Waals surface area contributed by atoms with Crippen molar-refractivity contribution < 1.29 is 9.84 Å². The fourth-order valence-corrected chi connectivity index (χ4v) is 2.58. The summed E-state index contributed by atoms with van der Waals surface area (Å²) in [4.78, 5) is 0. The molecular formula is C11H18N2O2S. The highest BCUT2D eigenvalue weighted by Crippen LogP contribution is 2.32. The number of thioether (sulfide) groups is 1. The molecule has 0 saturated carbocycles. The largest absolute Gasteiger partial charge is 0.383 e. The Morgan fingerprint density at radius 1 is 1.56 bits per heavy atom. The van der Waals surface area contributed by atoms with Crippen molar-refractivity contribution in [1.82, 2.24) is 9.78 Å². The average molecular weight is 242 g/mol. The summed E-state index contributed by atoms with van der Waals surface area (Å²) in [6.07, 6.45) is 3.37. The van der Waals surface area contributed by atoms with Gasteiger partial charge in [-0.25, -0.2) is 0 Å². The molecule has 0 unspecified atom stereocenters. The molecule has 5 heteroatoms. The van der Waals surface area contributed by atoms with Gasteiger partial charge in [-0.3, -0.25) is 4.68 Å². The van der Waals surface area contributed by atoms with Crippen molar-refractivity contribution in [2.45, 2.75) is 24.2 Å². The Morgan fingerprint density at radius 2 is 2.25 bits per heavy atom. The van der Waals surface area contributed by atoms with Crippen molar-refractivity contribution in [2.75, 3.05) is 19.5 Å². The van der Waals surface area contributed by atoms with Crippen LogP contribution in [0, 0.1) is 0 Å². The summed E-state index contributed by atoms with van der Waals surface area (Å²) in [5.41, 5.74) is 1.20. The van der Waals surface area contributed by atoms with E-state index in [9.17, 15) is 5.11 Å². The molecule has 16 heavy (non-hydrogen) atoms. The summed E-state index contributed by atoms with van der Waals surface area (Å²) < 4.78 is 7.09. The fraction of sp³-hybridized carbons (Fsp3) is 0.727. The van der Waals surface area contributed by atoms with Crippen molar-refractivity contribution in [1.29, 1.82) is 0 Å². The van der Waals surface area contributed by atoms with E-state index in [0.29, 0.717) is 26.1 Å². The maximum Gasteiger partial charge on any atom is 0.111 e. The molecule has 0 spiro atoms. The van der Waals surface area contributed by atoms with Crippen LogP contribution < -0.4 is 0 Å². The Bertz CT molecular complexity index is 359. The molecule has 0 radical (unpaired) electrons. The second-order valence-electron chi connectivity index (χ2n) is 4.22. The van der Waals surface area contributed by atoms with Gasteiger partial charge in [-0.15, -0.1) is 0 Å². The lowest BCUT2D eigenvalue weighted by molar-refractivity contribution is -0.0725. The van der Waals surface area contributed by atoms with Gasteiger partial charge in [0.15, 0.2) is 0 Å². The van der Waals surface area contributed by atoms with Gasteiger partial charge in [0.1, 0.15) is 5.60 Å². The highest BCUT2D eigenvalue weighted by atomic mass is 32.2. The van der Waals surface area contributed by atoms with E-state index < -0.39 is 5.60 Å².